The van der Waals surface area contributed by atoms with Crippen molar-refractivity contribution in [2.45, 2.75) is 33.1 Å². The van der Waals surface area contributed by atoms with E-state index in [1.54, 1.807) is 0 Å². The van der Waals surface area contributed by atoms with Crippen molar-refractivity contribution in [2.75, 3.05) is 30.3 Å². The Balaban J connectivity index is 2.39. The molecule has 1 amide bonds. The number of amides is 1. The molecule has 0 unspecified atom stereocenters. The van der Waals surface area contributed by atoms with Gasteiger partial charge in [-0.3, -0.25) is 4.79 Å². The molecule has 0 spiro atoms. The SMILES string of the molecule is Cc1c(N)nc(C(C)C)nc1N1CCCNC(=O)C1. The maximum absolute atomic E-state index is 11.7. The van der Waals surface area contributed by atoms with Gasteiger partial charge in [-0.25, -0.2) is 9.97 Å². The van der Waals surface area contributed by atoms with E-state index in [1.807, 2.05) is 25.7 Å². The Morgan fingerprint density at radius 3 is 2.79 bits per heavy atom. The number of aromatic nitrogens is 2. The van der Waals surface area contributed by atoms with E-state index in [2.05, 4.69) is 15.3 Å². The summed E-state index contributed by atoms with van der Waals surface area (Å²) >= 11 is 0. The van der Waals surface area contributed by atoms with Crippen molar-refractivity contribution in [2.24, 2.45) is 0 Å². The molecule has 1 fully saturated rings. The fourth-order valence-electron chi connectivity index (χ4n) is 2.09. The molecule has 19 heavy (non-hydrogen) atoms. The average molecular weight is 263 g/mol. The van der Waals surface area contributed by atoms with Gasteiger partial charge in [-0.2, -0.15) is 0 Å². The summed E-state index contributed by atoms with van der Waals surface area (Å²) in [5.41, 5.74) is 6.81. The number of nitrogens with two attached hydrogens (primary N) is 1. The molecule has 3 N–H and O–H groups in total. The van der Waals surface area contributed by atoms with Crippen LogP contribution in [0.5, 0.6) is 0 Å². The van der Waals surface area contributed by atoms with E-state index in [9.17, 15) is 4.79 Å². The van der Waals surface area contributed by atoms with Gasteiger partial charge in [-0.05, 0) is 13.3 Å². The van der Waals surface area contributed by atoms with Gasteiger partial charge in [-0.15, -0.1) is 0 Å². The minimum absolute atomic E-state index is 0.0279. The summed E-state index contributed by atoms with van der Waals surface area (Å²) in [6, 6.07) is 0. The second kappa shape index (κ2) is 5.42. The molecular weight excluding hydrogens is 242 g/mol. The van der Waals surface area contributed by atoms with Gasteiger partial charge in [0.15, 0.2) is 0 Å². The molecular formula is C13H21N5O. The second-order valence-corrected chi connectivity index (χ2v) is 5.20. The highest BCUT2D eigenvalue weighted by Crippen LogP contribution is 2.24. The topological polar surface area (TPSA) is 84.1 Å². The Kier molecular flexibility index (Phi) is 3.87. The van der Waals surface area contributed by atoms with Crippen molar-refractivity contribution in [3.8, 4) is 0 Å². The standard InChI is InChI=1S/C13H21N5O/c1-8(2)12-16-11(14)9(3)13(17-12)18-6-4-5-15-10(19)7-18/h8H,4-7H2,1-3H3,(H,15,19)(H2,14,16,17). The molecule has 1 aromatic rings. The van der Waals surface area contributed by atoms with Gasteiger partial charge in [-0.1, -0.05) is 13.8 Å². The summed E-state index contributed by atoms with van der Waals surface area (Å²) in [5.74, 6) is 2.25. The van der Waals surface area contributed by atoms with Crippen molar-refractivity contribution < 1.29 is 4.79 Å². The molecule has 2 rings (SSSR count). The van der Waals surface area contributed by atoms with Crippen LogP contribution in [0.25, 0.3) is 0 Å². The van der Waals surface area contributed by atoms with Crippen molar-refractivity contribution in [3.05, 3.63) is 11.4 Å². The molecule has 2 heterocycles. The van der Waals surface area contributed by atoms with E-state index < -0.39 is 0 Å². The maximum Gasteiger partial charge on any atom is 0.239 e. The van der Waals surface area contributed by atoms with E-state index in [0.717, 1.165) is 30.2 Å². The van der Waals surface area contributed by atoms with Gasteiger partial charge in [0.25, 0.3) is 0 Å². The molecule has 0 atom stereocenters. The van der Waals surface area contributed by atoms with Gasteiger partial charge in [0, 0.05) is 24.6 Å². The summed E-state index contributed by atoms with van der Waals surface area (Å²) in [5, 5.41) is 2.86. The Hall–Kier alpha value is -1.85. The molecule has 104 valence electrons. The van der Waals surface area contributed by atoms with Crippen LogP contribution in [0.3, 0.4) is 0 Å². The number of carbonyl (C=O) groups is 1. The first-order valence-corrected chi connectivity index (χ1v) is 6.64. The Labute approximate surface area is 113 Å². The minimum Gasteiger partial charge on any atom is -0.383 e. The highest BCUT2D eigenvalue weighted by atomic mass is 16.2. The van der Waals surface area contributed by atoms with Gasteiger partial charge >= 0.3 is 0 Å². The number of anilines is 2. The van der Waals surface area contributed by atoms with Gasteiger partial charge in [0.1, 0.15) is 17.5 Å². The largest absolute Gasteiger partial charge is 0.383 e. The number of hydrogen-bond donors (Lipinski definition) is 2. The third-order valence-corrected chi connectivity index (χ3v) is 3.25. The van der Waals surface area contributed by atoms with Crippen LogP contribution in [0.4, 0.5) is 11.6 Å². The summed E-state index contributed by atoms with van der Waals surface area (Å²) in [4.78, 5) is 22.5. The third kappa shape index (κ3) is 2.94. The molecule has 0 saturated carbocycles. The Morgan fingerprint density at radius 1 is 1.37 bits per heavy atom. The van der Waals surface area contributed by atoms with Crippen molar-refractivity contribution in [1.29, 1.82) is 0 Å². The highest BCUT2D eigenvalue weighted by Gasteiger charge is 2.20. The number of nitrogens with zero attached hydrogens (tertiary/aromatic N) is 3. The molecule has 0 radical (unpaired) electrons. The third-order valence-electron chi connectivity index (χ3n) is 3.25. The molecule has 0 aromatic carbocycles. The molecule has 6 heteroatoms. The Morgan fingerprint density at radius 2 is 2.11 bits per heavy atom. The van der Waals surface area contributed by atoms with E-state index in [0.29, 0.717) is 18.9 Å². The number of hydrogen-bond acceptors (Lipinski definition) is 5. The zero-order valence-corrected chi connectivity index (χ0v) is 11.7. The van der Waals surface area contributed by atoms with Gasteiger partial charge in [0.2, 0.25) is 5.91 Å². The van der Waals surface area contributed by atoms with Crippen LogP contribution in [-0.4, -0.2) is 35.5 Å². The molecule has 1 aromatic heterocycles. The van der Waals surface area contributed by atoms with Crippen LogP contribution in [0.15, 0.2) is 0 Å². The first-order chi connectivity index (χ1) is 8.99. The van der Waals surface area contributed by atoms with Crippen LogP contribution >= 0.6 is 0 Å². The van der Waals surface area contributed by atoms with Crippen LogP contribution in [0.2, 0.25) is 0 Å². The molecule has 1 saturated heterocycles. The lowest BCUT2D eigenvalue weighted by molar-refractivity contribution is -0.119. The molecule has 0 aliphatic carbocycles. The normalized spacial score (nSPS) is 16.4. The van der Waals surface area contributed by atoms with Crippen LogP contribution in [0, 0.1) is 6.92 Å². The van der Waals surface area contributed by atoms with E-state index in [4.69, 9.17) is 5.73 Å². The average Bonchev–Trinajstić information content (AvgIpc) is 2.57. The number of carbonyl (C=O) groups excluding carboxylic acids is 1. The number of nitrogen functional groups attached to an aromatic ring is 1. The highest BCUT2D eigenvalue weighted by molar-refractivity contribution is 5.81. The molecule has 6 nitrogen and oxygen atoms in total. The van der Waals surface area contributed by atoms with E-state index in [-0.39, 0.29) is 11.8 Å². The lowest BCUT2D eigenvalue weighted by Crippen LogP contribution is -2.34. The second-order valence-electron chi connectivity index (χ2n) is 5.20. The zero-order chi connectivity index (χ0) is 14.0. The van der Waals surface area contributed by atoms with E-state index in [1.165, 1.54) is 0 Å². The predicted molar refractivity (Wildman–Crippen MR) is 75.1 cm³/mol. The lowest BCUT2D eigenvalue weighted by atomic mass is 10.2. The van der Waals surface area contributed by atoms with Crippen LogP contribution < -0.4 is 16.0 Å². The van der Waals surface area contributed by atoms with Crippen LogP contribution in [-0.2, 0) is 4.79 Å². The maximum atomic E-state index is 11.7. The summed E-state index contributed by atoms with van der Waals surface area (Å²) < 4.78 is 0. The fourth-order valence-corrected chi connectivity index (χ4v) is 2.09. The number of rotatable bonds is 2. The van der Waals surface area contributed by atoms with Gasteiger partial charge < -0.3 is 16.0 Å². The fraction of sp³-hybridized carbons (Fsp3) is 0.615. The predicted octanol–water partition coefficient (Wildman–Crippen LogP) is 0.817. The molecule has 1 aliphatic rings. The zero-order valence-electron chi connectivity index (χ0n) is 11.7. The smallest absolute Gasteiger partial charge is 0.239 e. The summed E-state index contributed by atoms with van der Waals surface area (Å²) in [6.45, 7) is 7.80. The Bertz CT molecular complexity index is 486. The van der Waals surface area contributed by atoms with Crippen molar-refractivity contribution in [3.63, 3.8) is 0 Å². The van der Waals surface area contributed by atoms with Crippen LogP contribution in [0.1, 0.15) is 37.6 Å². The van der Waals surface area contributed by atoms with Crippen molar-refractivity contribution >= 4 is 17.5 Å². The monoisotopic (exact) mass is 263 g/mol. The lowest BCUT2D eigenvalue weighted by Gasteiger charge is -2.23. The van der Waals surface area contributed by atoms with Gasteiger partial charge in [0.05, 0.1) is 6.54 Å². The minimum atomic E-state index is 0.0279. The molecule has 1 aliphatic heterocycles. The summed E-state index contributed by atoms with van der Waals surface area (Å²) in [6.07, 6.45) is 0.909. The quantitative estimate of drug-likeness (QED) is 0.825. The number of nitrogens with one attached hydrogen (secondary N) is 1. The first kappa shape index (κ1) is 13.6. The van der Waals surface area contributed by atoms with Crippen molar-refractivity contribution in [1.82, 2.24) is 15.3 Å². The van der Waals surface area contributed by atoms with E-state index >= 15 is 0 Å². The summed E-state index contributed by atoms with van der Waals surface area (Å²) in [7, 11) is 0. The molecule has 0 bridgehead atoms. The first-order valence-electron chi connectivity index (χ1n) is 6.64.